The van der Waals surface area contributed by atoms with Crippen LogP contribution in [-0.2, 0) is 0 Å². The summed E-state index contributed by atoms with van der Waals surface area (Å²) >= 11 is 0. The zero-order chi connectivity index (χ0) is 13.0. The van der Waals surface area contributed by atoms with Gasteiger partial charge in [0.2, 0.25) is 5.91 Å². The molecular weight excluding hydrogens is 228 g/mol. The first-order valence-corrected chi connectivity index (χ1v) is 6.30. The standard InChI is InChI=1S/C13H20N4O/c1-13(5-2-6-15-8-13)9-17-11-4-3-10(7-16-11)12(14)18/h3-4,7,15H,2,5-6,8-9H2,1H3,(H2,14,18)(H,16,17). The van der Waals surface area contributed by atoms with E-state index in [4.69, 9.17) is 5.73 Å². The highest BCUT2D eigenvalue weighted by atomic mass is 16.1. The van der Waals surface area contributed by atoms with Gasteiger partial charge in [0.15, 0.2) is 0 Å². The molecule has 1 aliphatic heterocycles. The number of nitrogens with one attached hydrogen (secondary N) is 2. The molecule has 1 saturated heterocycles. The van der Waals surface area contributed by atoms with Crippen LogP contribution in [0.2, 0.25) is 0 Å². The van der Waals surface area contributed by atoms with Crippen molar-refractivity contribution in [3.05, 3.63) is 23.9 Å². The third kappa shape index (κ3) is 3.20. The summed E-state index contributed by atoms with van der Waals surface area (Å²) in [5, 5.41) is 6.73. The lowest BCUT2D eigenvalue weighted by atomic mass is 9.83. The molecule has 5 heteroatoms. The van der Waals surface area contributed by atoms with E-state index in [0.29, 0.717) is 5.56 Å². The summed E-state index contributed by atoms with van der Waals surface area (Å²) in [5.74, 6) is 0.337. The minimum atomic E-state index is -0.447. The SMILES string of the molecule is CC1(CNc2ccc(C(N)=O)cn2)CCCNC1. The summed E-state index contributed by atoms with van der Waals surface area (Å²) in [7, 11) is 0. The Balaban J connectivity index is 1.91. The molecule has 5 nitrogen and oxygen atoms in total. The molecule has 2 rings (SSSR count). The number of pyridine rings is 1. The van der Waals surface area contributed by atoms with Gasteiger partial charge in [-0.15, -0.1) is 0 Å². The molecule has 2 heterocycles. The van der Waals surface area contributed by atoms with Crippen molar-refractivity contribution in [2.45, 2.75) is 19.8 Å². The van der Waals surface area contributed by atoms with Crippen LogP contribution in [0.15, 0.2) is 18.3 Å². The van der Waals surface area contributed by atoms with Gasteiger partial charge in [0.1, 0.15) is 5.82 Å². The largest absolute Gasteiger partial charge is 0.369 e. The molecule has 0 saturated carbocycles. The highest BCUT2D eigenvalue weighted by Crippen LogP contribution is 2.25. The normalized spacial score (nSPS) is 23.6. The van der Waals surface area contributed by atoms with Crippen LogP contribution in [-0.4, -0.2) is 30.5 Å². The lowest BCUT2D eigenvalue weighted by Gasteiger charge is -2.34. The number of amides is 1. The van der Waals surface area contributed by atoms with E-state index in [1.165, 1.54) is 19.0 Å². The van der Waals surface area contributed by atoms with Crippen molar-refractivity contribution in [3.8, 4) is 0 Å². The Kier molecular flexibility index (Phi) is 3.81. The van der Waals surface area contributed by atoms with Gasteiger partial charge in [-0.3, -0.25) is 4.79 Å². The Hall–Kier alpha value is -1.62. The average molecular weight is 248 g/mol. The zero-order valence-electron chi connectivity index (χ0n) is 10.7. The highest BCUT2D eigenvalue weighted by molar-refractivity contribution is 5.92. The molecule has 1 unspecified atom stereocenters. The van der Waals surface area contributed by atoms with Crippen LogP contribution in [0.25, 0.3) is 0 Å². The molecule has 98 valence electrons. The Morgan fingerprint density at radius 2 is 2.44 bits per heavy atom. The smallest absolute Gasteiger partial charge is 0.250 e. The van der Waals surface area contributed by atoms with Crippen molar-refractivity contribution >= 4 is 11.7 Å². The molecule has 4 N–H and O–H groups in total. The minimum Gasteiger partial charge on any atom is -0.369 e. The van der Waals surface area contributed by atoms with E-state index in [2.05, 4.69) is 22.5 Å². The van der Waals surface area contributed by atoms with Gasteiger partial charge in [-0.05, 0) is 36.9 Å². The third-order valence-electron chi connectivity index (χ3n) is 3.43. The molecule has 0 spiro atoms. The summed E-state index contributed by atoms with van der Waals surface area (Å²) in [6.07, 6.45) is 3.94. The molecule has 1 aliphatic rings. The zero-order valence-corrected chi connectivity index (χ0v) is 10.7. The first-order valence-electron chi connectivity index (χ1n) is 6.30. The van der Waals surface area contributed by atoms with Gasteiger partial charge >= 0.3 is 0 Å². The third-order valence-corrected chi connectivity index (χ3v) is 3.43. The van der Waals surface area contributed by atoms with Crippen molar-refractivity contribution in [1.29, 1.82) is 0 Å². The molecule has 1 aromatic heterocycles. The molecule has 1 amide bonds. The topological polar surface area (TPSA) is 80.0 Å². The summed E-state index contributed by atoms with van der Waals surface area (Å²) in [6.45, 7) is 5.29. The molecule has 1 fully saturated rings. The second kappa shape index (κ2) is 5.35. The van der Waals surface area contributed by atoms with Crippen LogP contribution in [0.3, 0.4) is 0 Å². The summed E-state index contributed by atoms with van der Waals surface area (Å²) in [4.78, 5) is 15.1. The molecule has 0 aliphatic carbocycles. The van der Waals surface area contributed by atoms with Gasteiger partial charge in [0.05, 0.1) is 5.56 Å². The van der Waals surface area contributed by atoms with Crippen LogP contribution in [0.4, 0.5) is 5.82 Å². The quantitative estimate of drug-likeness (QED) is 0.742. The van der Waals surface area contributed by atoms with Crippen LogP contribution in [0, 0.1) is 5.41 Å². The summed E-state index contributed by atoms with van der Waals surface area (Å²) < 4.78 is 0. The van der Waals surface area contributed by atoms with Gasteiger partial charge < -0.3 is 16.4 Å². The number of rotatable bonds is 4. The fourth-order valence-electron chi connectivity index (χ4n) is 2.22. The fraction of sp³-hybridized carbons (Fsp3) is 0.538. The predicted octanol–water partition coefficient (Wildman–Crippen LogP) is 0.982. The number of aromatic nitrogens is 1. The van der Waals surface area contributed by atoms with Gasteiger partial charge in [0, 0.05) is 19.3 Å². The molecule has 0 radical (unpaired) electrons. The highest BCUT2D eigenvalue weighted by Gasteiger charge is 2.26. The fourth-order valence-corrected chi connectivity index (χ4v) is 2.22. The first kappa shape index (κ1) is 12.8. The Morgan fingerprint density at radius 1 is 1.61 bits per heavy atom. The number of carbonyl (C=O) groups excluding carboxylic acids is 1. The maximum Gasteiger partial charge on any atom is 0.250 e. The number of nitrogens with zero attached hydrogens (tertiary/aromatic N) is 1. The van der Waals surface area contributed by atoms with Crippen LogP contribution in [0.1, 0.15) is 30.1 Å². The van der Waals surface area contributed by atoms with Gasteiger partial charge in [-0.2, -0.15) is 0 Å². The predicted molar refractivity (Wildman–Crippen MR) is 71.5 cm³/mol. The molecular formula is C13H20N4O. The van der Waals surface area contributed by atoms with E-state index in [0.717, 1.165) is 25.5 Å². The minimum absolute atomic E-state index is 0.266. The number of anilines is 1. The van der Waals surface area contributed by atoms with E-state index in [-0.39, 0.29) is 5.41 Å². The van der Waals surface area contributed by atoms with E-state index >= 15 is 0 Å². The Bertz CT molecular complexity index is 410. The van der Waals surface area contributed by atoms with Crippen LogP contribution >= 0.6 is 0 Å². The number of piperidine rings is 1. The van der Waals surface area contributed by atoms with Gasteiger partial charge in [0.25, 0.3) is 0 Å². The van der Waals surface area contributed by atoms with Crippen LogP contribution in [0.5, 0.6) is 0 Å². The first-order chi connectivity index (χ1) is 8.59. The van der Waals surface area contributed by atoms with Crippen molar-refractivity contribution in [3.63, 3.8) is 0 Å². The van der Waals surface area contributed by atoms with Crippen molar-refractivity contribution in [2.24, 2.45) is 11.1 Å². The number of nitrogens with two attached hydrogens (primary N) is 1. The average Bonchev–Trinajstić information content (AvgIpc) is 2.38. The van der Waals surface area contributed by atoms with Gasteiger partial charge in [-0.25, -0.2) is 4.98 Å². The Morgan fingerprint density at radius 3 is 3.00 bits per heavy atom. The van der Waals surface area contributed by atoms with E-state index < -0.39 is 5.91 Å². The number of primary amides is 1. The number of hydrogen-bond acceptors (Lipinski definition) is 4. The van der Waals surface area contributed by atoms with Crippen molar-refractivity contribution < 1.29 is 4.79 Å². The van der Waals surface area contributed by atoms with Crippen LogP contribution < -0.4 is 16.4 Å². The second-order valence-electron chi connectivity index (χ2n) is 5.24. The maximum atomic E-state index is 10.9. The molecule has 1 aromatic rings. The Labute approximate surface area is 107 Å². The lowest BCUT2D eigenvalue weighted by molar-refractivity contribution is 0.1000. The van der Waals surface area contributed by atoms with Crippen molar-refractivity contribution in [2.75, 3.05) is 25.0 Å². The number of hydrogen-bond donors (Lipinski definition) is 3. The molecule has 0 aromatic carbocycles. The second-order valence-corrected chi connectivity index (χ2v) is 5.24. The molecule has 1 atom stereocenters. The van der Waals surface area contributed by atoms with E-state index in [1.807, 2.05) is 0 Å². The monoisotopic (exact) mass is 248 g/mol. The van der Waals surface area contributed by atoms with E-state index in [1.54, 1.807) is 12.1 Å². The summed E-state index contributed by atoms with van der Waals surface area (Å²) in [5.41, 5.74) is 5.87. The maximum absolute atomic E-state index is 10.9. The molecule has 0 bridgehead atoms. The van der Waals surface area contributed by atoms with Crippen molar-refractivity contribution in [1.82, 2.24) is 10.3 Å². The van der Waals surface area contributed by atoms with Gasteiger partial charge in [-0.1, -0.05) is 6.92 Å². The number of carbonyl (C=O) groups is 1. The molecule has 18 heavy (non-hydrogen) atoms. The summed E-state index contributed by atoms with van der Waals surface area (Å²) in [6, 6.07) is 3.48. The lowest BCUT2D eigenvalue weighted by Crippen LogP contribution is -2.42. The van der Waals surface area contributed by atoms with E-state index in [9.17, 15) is 4.79 Å².